The Bertz CT molecular complexity index is 492. The number of hydrogen-bond donors (Lipinski definition) is 2. The van der Waals surface area contributed by atoms with E-state index in [0.717, 1.165) is 24.2 Å². The first-order valence-electron chi connectivity index (χ1n) is 6.56. The quantitative estimate of drug-likeness (QED) is 0.850. The summed E-state index contributed by atoms with van der Waals surface area (Å²) in [4.78, 5) is 12.0. The summed E-state index contributed by atoms with van der Waals surface area (Å²) >= 11 is 0. The number of aliphatic hydroxyl groups is 1. The second-order valence-electron chi connectivity index (χ2n) is 5.37. The molecule has 1 amide bonds. The number of amides is 1. The van der Waals surface area contributed by atoms with Crippen molar-refractivity contribution in [2.75, 3.05) is 13.7 Å². The van der Waals surface area contributed by atoms with Gasteiger partial charge in [-0.15, -0.1) is 0 Å². The standard InChI is InChI=1S/C15H21NO3/c1-10-6-12(13(19-3)7-11(10)2)8-16-14(18)15(9-17)4-5-15/h6-7,17H,4-5,8-9H2,1-3H3,(H,16,18). The molecule has 0 heterocycles. The summed E-state index contributed by atoms with van der Waals surface area (Å²) in [5, 5.41) is 12.1. The van der Waals surface area contributed by atoms with Gasteiger partial charge in [0, 0.05) is 12.1 Å². The molecule has 0 unspecified atom stereocenters. The van der Waals surface area contributed by atoms with E-state index in [1.54, 1.807) is 7.11 Å². The molecule has 1 fully saturated rings. The lowest BCUT2D eigenvalue weighted by molar-refractivity contribution is -0.127. The molecule has 1 aromatic rings. The Kier molecular flexibility index (Phi) is 3.80. The van der Waals surface area contributed by atoms with Crippen molar-refractivity contribution in [1.29, 1.82) is 0 Å². The number of nitrogens with one attached hydrogen (secondary N) is 1. The van der Waals surface area contributed by atoms with Crippen LogP contribution in [-0.4, -0.2) is 24.7 Å². The molecule has 0 atom stereocenters. The highest BCUT2D eigenvalue weighted by atomic mass is 16.5. The van der Waals surface area contributed by atoms with Gasteiger partial charge in [-0.3, -0.25) is 4.79 Å². The Morgan fingerprint density at radius 2 is 2.00 bits per heavy atom. The number of benzene rings is 1. The van der Waals surface area contributed by atoms with Crippen LogP contribution in [0.1, 0.15) is 29.5 Å². The smallest absolute Gasteiger partial charge is 0.228 e. The number of aliphatic hydroxyl groups excluding tert-OH is 1. The summed E-state index contributed by atoms with van der Waals surface area (Å²) in [5.74, 6) is 0.729. The van der Waals surface area contributed by atoms with Crippen LogP contribution in [0.2, 0.25) is 0 Å². The second-order valence-corrected chi connectivity index (χ2v) is 5.37. The van der Waals surface area contributed by atoms with Crippen molar-refractivity contribution in [3.8, 4) is 5.75 Å². The Labute approximate surface area is 113 Å². The molecule has 4 nitrogen and oxygen atoms in total. The second kappa shape index (κ2) is 5.21. The molecule has 104 valence electrons. The molecule has 1 aliphatic carbocycles. The van der Waals surface area contributed by atoms with E-state index in [2.05, 4.69) is 5.32 Å². The van der Waals surface area contributed by atoms with E-state index < -0.39 is 5.41 Å². The van der Waals surface area contributed by atoms with Crippen molar-refractivity contribution in [2.45, 2.75) is 33.2 Å². The summed E-state index contributed by atoms with van der Waals surface area (Å²) in [6.07, 6.45) is 1.55. The number of methoxy groups -OCH3 is 1. The van der Waals surface area contributed by atoms with E-state index in [1.807, 2.05) is 26.0 Å². The fourth-order valence-corrected chi connectivity index (χ4v) is 2.15. The van der Waals surface area contributed by atoms with Crippen LogP contribution in [0, 0.1) is 19.3 Å². The number of carbonyl (C=O) groups excluding carboxylic acids is 1. The summed E-state index contributed by atoms with van der Waals surface area (Å²) < 4.78 is 5.34. The minimum atomic E-state index is -0.521. The van der Waals surface area contributed by atoms with Crippen LogP contribution in [-0.2, 0) is 11.3 Å². The van der Waals surface area contributed by atoms with Crippen LogP contribution in [0.15, 0.2) is 12.1 Å². The minimum Gasteiger partial charge on any atom is -0.496 e. The predicted molar refractivity (Wildman–Crippen MR) is 73.1 cm³/mol. The highest BCUT2D eigenvalue weighted by Crippen LogP contribution is 2.45. The van der Waals surface area contributed by atoms with Gasteiger partial charge in [-0.05, 0) is 43.9 Å². The molecule has 0 radical (unpaired) electrons. The Hall–Kier alpha value is -1.55. The molecular formula is C15H21NO3. The average Bonchev–Trinajstić information content (AvgIpc) is 3.20. The zero-order valence-electron chi connectivity index (χ0n) is 11.7. The van der Waals surface area contributed by atoms with Crippen LogP contribution in [0.4, 0.5) is 0 Å². The maximum atomic E-state index is 12.0. The van der Waals surface area contributed by atoms with Crippen molar-refractivity contribution in [1.82, 2.24) is 5.32 Å². The highest BCUT2D eigenvalue weighted by Gasteiger charge is 2.49. The van der Waals surface area contributed by atoms with Gasteiger partial charge in [0.2, 0.25) is 5.91 Å². The molecule has 19 heavy (non-hydrogen) atoms. The van der Waals surface area contributed by atoms with Crippen molar-refractivity contribution in [3.05, 3.63) is 28.8 Å². The van der Waals surface area contributed by atoms with Crippen LogP contribution >= 0.6 is 0 Å². The van der Waals surface area contributed by atoms with E-state index in [1.165, 1.54) is 11.1 Å². The zero-order valence-corrected chi connectivity index (χ0v) is 11.7. The van der Waals surface area contributed by atoms with Gasteiger partial charge in [0.1, 0.15) is 5.75 Å². The Morgan fingerprint density at radius 3 is 2.53 bits per heavy atom. The van der Waals surface area contributed by atoms with Gasteiger partial charge in [-0.2, -0.15) is 0 Å². The SMILES string of the molecule is COc1cc(C)c(C)cc1CNC(=O)C1(CO)CC1. The fraction of sp³-hybridized carbons (Fsp3) is 0.533. The maximum Gasteiger partial charge on any atom is 0.228 e. The first kappa shape index (κ1) is 13.9. The average molecular weight is 263 g/mol. The molecule has 0 bridgehead atoms. The molecule has 2 rings (SSSR count). The third-order valence-corrected chi connectivity index (χ3v) is 3.97. The van der Waals surface area contributed by atoms with Gasteiger partial charge in [0.25, 0.3) is 0 Å². The summed E-state index contributed by atoms with van der Waals surface area (Å²) in [6, 6.07) is 4.02. The molecule has 1 aromatic carbocycles. The molecular weight excluding hydrogens is 242 g/mol. The lowest BCUT2D eigenvalue weighted by atomic mass is 10.0. The van der Waals surface area contributed by atoms with Crippen molar-refractivity contribution in [3.63, 3.8) is 0 Å². The van der Waals surface area contributed by atoms with Crippen LogP contribution < -0.4 is 10.1 Å². The Morgan fingerprint density at radius 1 is 1.37 bits per heavy atom. The van der Waals surface area contributed by atoms with E-state index in [9.17, 15) is 9.90 Å². The maximum absolute atomic E-state index is 12.0. The first-order chi connectivity index (χ1) is 9.02. The van der Waals surface area contributed by atoms with Gasteiger partial charge in [0.15, 0.2) is 0 Å². The van der Waals surface area contributed by atoms with Gasteiger partial charge in [-0.25, -0.2) is 0 Å². The lowest BCUT2D eigenvalue weighted by Gasteiger charge is -2.15. The van der Waals surface area contributed by atoms with E-state index >= 15 is 0 Å². The van der Waals surface area contributed by atoms with E-state index in [-0.39, 0.29) is 12.5 Å². The van der Waals surface area contributed by atoms with Gasteiger partial charge in [0.05, 0.1) is 19.1 Å². The number of hydrogen-bond acceptors (Lipinski definition) is 3. The zero-order chi connectivity index (χ0) is 14.0. The highest BCUT2D eigenvalue weighted by molar-refractivity contribution is 5.85. The number of ether oxygens (including phenoxy) is 1. The minimum absolute atomic E-state index is 0.0599. The van der Waals surface area contributed by atoms with E-state index in [4.69, 9.17) is 4.74 Å². The molecule has 0 aliphatic heterocycles. The number of aryl methyl sites for hydroxylation is 2. The summed E-state index contributed by atoms with van der Waals surface area (Å²) in [6.45, 7) is 4.44. The molecule has 0 spiro atoms. The van der Waals surface area contributed by atoms with Gasteiger partial charge >= 0.3 is 0 Å². The third-order valence-electron chi connectivity index (χ3n) is 3.97. The van der Waals surface area contributed by atoms with Gasteiger partial charge < -0.3 is 15.2 Å². The topological polar surface area (TPSA) is 58.6 Å². The molecule has 0 aromatic heterocycles. The van der Waals surface area contributed by atoms with Gasteiger partial charge in [-0.1, -0.05) is 6.07 Å². The van der Waals surface area contributed by atoms with Crippen molar-refractivity contribution < 1.29 is 14.6 Å². The van der Waals surface area contributed by atoms with Crippen molar-refractivity contribution in [2.24, 2.45) is 5.41 Å². The van der Waals surface area contributed by atoms with Crippen LogP contribution in [0.25, 0.3) is 0 Å². The first-order valence-corrected chi connectivity index (χ1v) is 6.56. The van der Waals surface area contributed by atoms with Crippen LogP contribution in [0.3, 0.4) is 0 Å². The molecule has 1 saturated carbocycles. The van der Waals surface area contributed by atoms with E-state index in [0.29, 0.717) is 6.54 Å². The molecule has 4 heteroatoms. The lowest BCUT2D eigenvalue weighted by Crippen LogP contribution is -2.33. The van der Waals surface area contributed by atoms with Crippen molar-refractivity contribution >= 4 is 5.91 Å². The summed E-state index contributed by atoms with van der Waals surface area (Å²) in [5.41, 5.74) is 2.79. The fourth-order valence-electron chi connectivity index (χ4n) is 2.15. The number of carbonyl (C=O) groups is 1. The largest absolute Gasteiger partial charge is 0.496 e. The van der Waals surface area contributed by atoms with Crippen LogP contribution in [0.5, 0.6) is 5.75 Å². The summed E-state index contributed by atoms with van der Waals surface area (Å²) in [7, 11) is 1.63. The molecule has 0 saturated heterocycles. The normalized spacial score (nSPS) is 16.0. The predicted octanol–water partition coefficient (Wildman–Crippen LogP) is 1.70. The molecule has 1 aliphatic rings. The number of rotatable bonds is 5. The third kappa shape index (κ3) is 2.73. The monoisotopic (exact) mass is 263 g/mol. The molecule has 2 N–H and O–H groups in total. The Balaban J connectivity index is 2.07.